The van der Waals surface area contributed by atoms with E-state index in [1.165, 1.54) is 19.4 Å². The second kappa shape index (κ2) is 5.08. The van der Waals surface area contributed by atoms with Crippen molar-refractivity contribution in [3.05, 3.63) is 0 Å². The molecule has 0 spiro atoms. The molecule has 0 saturated carbocycles. The van der Waals surface area contributed by atoms with Crippen molar-refractivity contribution >= 4 is 0 Å². The Morgan fingerprint density at radius 2 is 1.38 bits per heavy atom. The van der Waals surface area contributed by atoms with Gasteiger partial charge in [-0.25, -0.2) is 0 Å². The quantitative estimate of drug-likeness (QED) is 0.579. The monoisotopic (exact) mass is 227 g/mol. The maximum atomic E-state index is 2.67. The fourth-order valence-electron chi connectivity index (χ4n) is 2.80. The molecule has 1 nitrogen and oxygen atoms in total. The lowest BCUT2D eigenvalue weighted by Crippen LogP contribution is -2.63. The second-order valence-electron chi connectivity index (χ2n) is 6.87. The predicted molar refractivity (Wildman–Crippen MR) is 74.9 cm³/mol. The maximum Gasteiger partial charge on any atom is 0.0209 e. The Kier molecular flexibility index (Phi) is 5.07. The van der Waals surface area contributed by atoms with Crippen LogP contribution in [0.15, 0.2) is 0 Å². The molecule has 0 bridgehead atoms. The van der Waals surface area contributed by atoms with E-state index in [0.29, 0.717) is 16.5 Å². The number of hydrogen-bond acceptors (Lipinski definition) is 1. The number of hydrogen-bond donors (Lipinski definition) is 0. The lowest BCUT2D eigenvalue weighted by molar-refractivity contribution is -0.0808. The Balaban J connectivity index is 0.00000106. The Bertz CT molecular complexity index is 208. The van der Waals surface area contributed by atoms with Crippen LogP contribution in [0.1, 0.15) is 75.2 Å². The molecule has 1 heterocycles. The summed E-state index contributed by atoms with van der Waals surface area (Å²) >= 11 is 0. The van der Waals surface area contributed by atoms with Gasteiger partial charge in [-0.2, -0.15) is 0 Å². The summed E-state index contributed by atoms with van der Waals surface area (Å²) in [4.78, 5) is 2.67. The number of rotatable bonds is 0. The summed E-state index contributed by atoms with van der Waals surface area (Å²) in [5, 5.41) is 0. The minimum Gasteiger partial charge on any atom is -0.293 e. The molecule has 1 saturated heterocycles. The molecule has 1 fully saturated rings. The van der Waals surface area contributed by atoms with Gasteiger partial charge < -0.3 is 0 Å². The number of likely N-dealkylation sites (tertiary alicyclic amines) is 1. The molecular weight excluding hydrogens is 194 g/mol. The summed E-state index contributed by atoms with van der Waals surface area (Å²) in [7, 11) is 0. The van der Waals surface area contributed by atoms with Gasteiger partial charge in [-0.3, -0.25) is 4.90 Å². The molecule has 0 aromatic rings. The molecule has 0 amide bonds. The molecule has 1 rings (SSSR count). The van der Waals surface area contributed by atoms with Gasteiger partial charge in [0.05, 0.1) is 0 Å². The van der Waals surface area contributed by atoms with Crippen LogP contribution in [0.4, 0.5) is 0 Å². The number of nitrogens with zero attached hydrogens (tertiary/aromatic N) is 1. The van der Waals surface area contributed by atoms with Crippen molar-refractivity contribution in [2.24, 2.45) is 5.41 Å². The summed E-state index contributed by atoms with van der Waals surface area (Å²) in [5.74, 6) is 0. The molecule has 0 N–H and O–H groups in total. The van der Waals surface area contributed by atoms with Crippen LogP contribution in [0.3, 0.4) is 0 Å². The zero-order chi connectivity index (χ0) is 13.2. The van der Waals surface area contributed by atoms with Crippen LogP contribution in [-0.4, -0.2) is 22.5 Å². The smallest absolute Gasteiger partial charge is 0.0209 e. The Morgan fingerprint density at radius 1 is 0.938 bits per heavy atom. The Hall–Kier alpha value is -0.0400. The molecule has 16 heavy (non-hydrogen) atoms. The minimum absolute atomic E-state index is 0.293. The van der Waals surface area contributed by atoms with Crippen LogP contribution in [0.5, 0.6) is 0 Å². The van der Waals surface area contributed by atoms with Gasteiger partial charge in [-0.1, -0.05) is 27.7 Å². The summed E-state index contributed by atoms with van der Waals surface area (Å²) in [6, 6.07) is 0. The first kappa shape index (κ1) is 16.0. The van der Waals surface area contributed by atoms with Crippen LogP contribution in [0, 0.1) is 5.41 Å². The van der Waals surface area contributed by atoms with Crippen molar-refractivity contribution in [3.63, 3.8) is 0 Å². The standard InChI is InChI=1S/C13H27N.C2H6/c1-11(2,3)14-10-8-9-12(4,5)13(14,6)7;1-2/h8-10H2,1-7H3;1-2H3. The van der Waals surface area contributed by atoms with E-state index >= 15 is 0 Å². The third-order valence-corrected chi connectivity index (χ3v) is 4.32. The van der Waals surface area contributed by atoms with Gasteiger partial charge in [-0.05, 0) is 59.4 Å². The average Bonchev–Trinajstić information content (AvgIpc) is 2.11. The first-order chi connectivity index (χ1) is 7.09. The summed E-state index contributed by atoms with van der Waals surface area (Å²) in [5.41, 5.74) is 1.03. The van der Waals surface area contributed by atoms with Gasteiger partial charge in [0.1, 0.15) is 0 Å². The molecule has 0 aromatic carbocycles. The molecule has 0 radical (unpaired) electrons. The van der Waals surface area contributed by atoms with Crippen molar-refractivity contribution < 1.29 is 0 Å². The third kappa shape index (κ3) is 3.00. The van der Waals surface area contributed by atoms with Crippen molar-refractivity contribution in [1.82, 2.24) is 4.90 Å². The van der Waals surface area contributed by atoms with Crippen molar-refractivity contribution in [2.45, 2.75) is 86.2 Å². The molecule has 98 valence electrons. The van der Waals surface area contributed by atoms with Crippen molar-refractivity contribution in [3.8, 4) is 0 Å². The fraction of sp³-hybridized carbons (Fsp3) is 1.00. The molecule has 1 heteroatoms. The van der Waals surface area contributed by atoms with Gasteiger partial charge in [0, 0.05) is 11.1 Å². The lowest BCUT2D eigenvalue weighted by atomic mass is 9.66. The summed E-state index contributed by atoms with van der Waals surface area (Å²) in [6.07, 6.45) is 2.69. The van der Waals surface area contributed by atoms with Crippen molar-refractivity contribution in [1.29, 1.82) is 0 Å². The van der Waals surface area contributed by atoms with E-state index in [1.54, 1.807) is 0 Å². The van der Waals surface area contributed by atoms with Crippen molar-refractivity contribution in [2.75, 3.05) is 6.54 Å². The SMILES string of the molecule is CC.CC(C)(C)N1CCCC(C)(C)C1(C)C. The van der Waals surface area contributed by atoms with E-state index < -0.39 is 0 Å². The van der Waals surface area contributed by atoms with Gasteiger partial charge >= 0.3 is 0 Å². The Morgan fingerprint density at radius 3 is 1.69 bits per heavy atom. The highest BCUT2D eigenvalue weighted by Gasteiger charge is 2.47. The van der Waals surface area contributed by atoms with E-state index in [1.807, 2.05) is 13.8 Å². The highest BCUT2D eigenvalue weighted by atomic mass is 15.3. The lowest BCUT2D eigenvalue weighted by Gasteiger charge is -2.58. The largest absolute Gasteiger partial charge is 0.293 e. The topological polar surface area (TPSA) is 3.24 Å². The van der Waals surface area contributed by atoms with Gasteiger partial charge in [0.15, 0.2) is 0 Å². The van der Waals surface area contributed by atoms with Gasteiger partial charge in [-0.15, -0.1) is 0 Å². The molecule has 0 aromatic heterocycles. The number of piperidine rings is 1. The van der Waals surface area contributed by atoms with E-state index in [2.05, 4.69) is 53.4 Å². The average molecular weight is 227 g/mol. The van der Waals surface area contributed by atoms with Crippen LogP contribution < -0.4 is 0 Å². The predicted octanol–water partition coefficient (Wildman–Crippen LogP) is 4.71. The molecule has 0 aliphatic carbocycles. The molecular formula is C15H33N. The summed E-state index contributed by atoms with van der Waals surface area (Å²) < 4.78 is 0. The fourth-order valence-corrected chi connectivity index (χ4v) is 2.80. The first-order valence-corrected chi connectivity index (χ1v) is 6.87. The zero-order valence-electron chi connectivity index (χ0n) is 13.1. The van der Waals surface area contributed by atoms with E-state index in [0.717, 1.165) is 0 Å². The zero-order valence-corrected chi connectivity index (χ0v) is 13.1. The normalized spacial score (nSPS) is 24.6. The highest BCUT2D eigenvalue weighted by molar-refractivity contribution is 5.02. The van der Waals surface area contributed by atoms with Crippen LogP contribution in [-0.2, 0) is 0 Å². The second-order valence-corrected chi connectivity index (χ2v) is 6.87. The molecule has 1 aliphatic heterocycles. The first-order valence-electron chi connectivity index (χ1n) is 6.87. The Labute approximate surface area is 104 Å². The van der Waals surface area contributed by atoms with Crippen LogP contribution >= 0.6 is 0 Å². The maximum absolute atomic E-state index is 2.67. The molecule has 0 unspecified atom stereocenters. The van der Waals surface area contributed by atoms with E-state index in [4.69, 9.17) is 0 Å². The van der Waals surface area contributed by atoms with Gasteiger partial charge in [0.25, 0.3) is 0 Å². The van der Waals surface area contributed by atoms with E-state index in [9.17, 15) is 0 Å². The summed E-state index contributed by atoms with van der Waals surface area (Å²) in [6.45, 7) is 21.9. The van der Waals surface area contributed by atoms with Gasteiger partial charge in [0.2, 0.25) is 0 Å². The third-order valence-electron chi connectivity index (χ3n) is 4.32. The highest BCUT2D eigenvalue weighted by Crippen LogP contribution is 2.45. The van der Waals surface area contributed by atoms with E-state index in [-0.39, 0.29) is 0 Å². The van der Waals surface area contributed by atoms with Crippen LogP contribution in [0.25, 0.3) is 0 Å². The molecule has 0 atom stereocenters. The molecule has 1 aliphatic rings. The minimum atomic E-state index is 0.293. The van der Waals surface area contributed by atoms with Crippen LogP contribution in [0.2, 0.25) is 0 Å².